The third-order valence-electron chi connectivity index (χ3n) is 6.38. The summed E-state index contributed by atoms with van der Waals surface area (Å²) in [5, 5.41) is 13.6. The predicted octanol–water partition coefficient (Wildman–Crippen LogP) is 4.06. The number of carbonyl (C=O) groups is 1. The maximum atomic E-state index is 12.7. The Morgan fingerprint density at radius 3 is 2.24 bits per heavy atom. The number of carbonyl (C=O) groups excluding carboxylic acids is 1. The summed E-state index contributed by atoms with van der Waals surface area (Å²) in [5.74, 6) is 1.27. The number of benzene rings is 2. The van der Waals surface area contributed by atoms with Gasteiger partial charge < -0.3 is 14.8 Å². The Balaban J connectivity index is 1.87. The quantitative estimate of drug-likeness (QED) is 0.635. The molecule has 1 aliphatic rings. The SMILES string of the molecule is CNC(=O)N1N=C(c2ccc(-c3c(C)nn(C)c3C)cc2)c2cc(OC)c(OC)cc2C[C@@H]1C. The van der Waals surface area contributed by atoms with Crippen LogP contribution in [-0.4, -0.2) is 53.8 Å². The lowest BCUT2D eigenvalue weighted by atomic mass is 9.93. The van der Waals surface area contributed by atoms with E-state index in [9.17, 15) is 4.79 Å². The van der Waals surface area contributed by atoms with Gasteiger partial charge in [-0.25, -0.2) is 9.80 Å². The van der Waals surface area contributed by atoms with E-state index in [0.717, 1.165) is 39.2 Å². The molecule has 4 rings (SSSR count). The number of hydrogen-bond acceptors (Lipinski definition) is 5. The molecule has 1 N–H and O–H groups in total. The molecule has 0 unspecified atom stereocenters. The monoisotopic (exact) mass is 461 g/mol. The van der Waals surface area contributed by atoms with Gasteiger partial charge in [-0.15, -0.1) is 0 Å². The van der Waals surface area contributed by atoms with E-state index in [1.54, 1.807) is 21.3 Å². The largest absolute Gasteiger partial charge is 0.493 e. The van der Waals surface area contributed by atoms with E-state index in [1.807, 2.05) is 49.8 Å². The molecule has 0 saturated heterocycles. The Labute approximate surface area is 200 Å². The van der Waals surface area contributed by atoms with Crippen molar-refractivity contribution in [3.63, 3.8) is 0 Å². The molecule has 8 nitrogen and oxygen atoms in total. The van der Waals surface area contributed by atoms with Gasteiger partial charge in [0.05, 0.1) is 31.7 Å². The van der Waals surface area contributed by atoms with Crippen LogP contribution in [0.15, 0.2) is 41.5 Å². The van der Waals surface area contributed by atoms with Crippen LogP contribution < -0.4 is 14.8 Å². The maximum absolute atomic E-state index is 12.7. The topological polar surface area (TPSA) is 81.0 Å². The standard InChI is InChI=1S/C26H31N5O3/c1-15-12-20-13-22(33-6)23(34-7)14-21(20)25(29-31(15)26(32)27-4)19-10-8-18(9-11-19)24-16(2)28-30(5)17(24)3/h8-11,13-15H,12H2,1-7H3,(H,27,32)/t15-/m0/s1. The highest BCUT2D eigenvalue weighted by atomic mass is 16.5. The first kappa shape index (κ1) is 23.4. The van der Waals surface area contributed by atoms with Gasteiger partial charge in [-0.3, -0.25) is 4.68 Å². The highest BCUT2D eigenvalue weighted by molar-refractivity contribution is 6.14. The average Bonchev–Trinajstić information content (AvgIpc) is 3.00. The minimum atomic E-state index is -0.255. The number of rotatable bonds is 4. The minimum Gasteiger partial charge on any atom is -0.493 e. The van der Waals surface area contributed by atoms with Crippen LogP contribution in [0.25, 0.3) is 11.1 Å². The fourth-order valence-corrected chi connectivity index (χ4v) is 4.53. The number of nitrogens with one attached hydrogen (secondary N) is 1. The number of methoxy groups -OCH3 is 2. The molecule has 3 aromatic rings. The summed E-state index contributed by atoms with van der Waals surface area (Å²) in [4.78, 5) is 12.7. The second-order valence-corrected chi connectivity index (χ2v) is 8.51. The molecule has 2 amide bonds. The van der Waals surface area contributed by atoms with E-state index in [2.05, 4.69) is 29.5 Å². The number of nitrogens with zero attached hydrogens (tertiary/aromatic N) is 4. The van der Waals surface area contributed by atoms with Crippen molar-refractivity contribution in [2.45, 2.75) is 33.2 Å². The number of urea groups is 1. The van der Waals surface area contributed by atoms with Crippen LogP contribution in [-0.2, 0) is 13.5 Å². The first-order chi connectivity index (χ1) is 16.3. The highest BCUT2D eigenvalue weighted by Gasteiger charge is 2.28. The van der Waals surface area contributed by atoms with Gasteiger partial charge in [0, 0.05) is 36.5 Å². The van der Waals surface area contributed by atoms with Crippen molar-refractivity contribution in [1.29, 1.82) is 0 Å². The van der Waals surface area contributed by atoms with Crippen LogP contribution in [0.4, 0.5) is 4.79 Å². The van der Waals surface area contributed by atoms with Crippen molar-refractivity contribution in [2.24, 2.45) is 12.1 Å². The Morgan fingerprint density at radius 1 is 1.06 bits per heavy atom. The lowest BCUT2D eigenvalue weighted by molar-refractivity contribution is 0.184. The van der Waals surface area contributed by atoms with E-state index in [-0.39, 0.29) is 12.1 Å². The molecule has 1 aromatic heterocycles. The Kier molecular flexibility index (Phi) is 6.32. The van der Waals surface area contributed by atoms with Gasteiger partial charge in [-0.1, -0.05) is 24.3 Å². The lowest BCUT2D eigenvalue weighted by Crippen LogP contribution is -2.41. The molecular formula is C26H31N5O3. The molecule has 1 aliphatic heterocycles. The molecule has 8 heteroatoms. The molecule has 0 bridgehead atoms. The second kappa shape index (κ2) is 9.21. The third-order valence-corrected chi connectivity index (χ3v) is 6.38. The van der Waals surface area contributed by atoms with Crippen LogP contribution in [0.1, 0.15) is 35.0 Å². The molecular weight excluding hydrogens is 430 g/mol. The van der Waals surface area contributed by atoms with E-state index in [1.165, 1.54) is 5.01 Å². The smallest absolute Gasteiger partial charge is 0.337 e. The lowest BCUT2D eigenvalue weighted by Gasteiger charge is -2.22. The van der Waals surface area contributed by atoms with Crippen LogP contribution >= 0.6 is 0 Å². The van der Waals surface area contributed by atoms with Gasteiger partial charge >= 0.3 is 6.03 Å². The zero-order chi connectivity index (χ0) is 24.6. The van der Waals surface area contributed by atoms with Gasteiger partial charge in [0.2, 0.25) is 0 Å². The first-order valence-corrected chi connectivity index (χ1v) is 11.2. The Morgan fingerprint density at radius 2 is 1.68 bits per heavy atom. The summed E-state index contributed by atoms with van der Waals surface area (Å²) in [6.45, 7) is 6.07. The molecule has 178 valence electrons. The summed E-state index contributed by atoms with van der Waals surface area (Å²) < 4.78 is 13.0. The normalized spacial score (nSPS) is 15.3. The molecule has 0 saturated carbocycles. The zero-order valence-electron chi connectivity index (χ0n) is 20.8. The van der Waals surface area contributed by atoms with Crippen molar-refractivity contribution < 1.29 is 14.3 Å². The molecule has 0 radical (unpaired) electrons. The van der Waals surface area contributed by atoms with E-state index >= 15 is 0 Å². The molecule has 0 aliphatic carbocycles. The van der Waals surface area contributed by atoms with Gasteiger partial charge in [0.1, 0.15) is 0 Å². The summed E-state index contributed by atoms with van der Waals surface area (Å²) in [6.07, 6.45) is 0.627. The molecule has 34 heavy (non-hydrogen) atoms. The van der Waals surface area contributed by atoms with E-state index in [0.29, 0.717) is 23.6 Å². The fraction of sp³-hybridized carbons (Fsp3) is 0.346. The van der Waals surface area contributed by atoms with Crippen molar-refractivity contribution in [1.82, 2.24) is 20.1 Å². The zero-order valence-corrected chi connectivity index (χ0v) is 20.8. The van der Waals surface area contributed by atoms with Crippen LogP contribution in [0.5, 0.6) is 11.5 Å². The number of ether oxygens (including phenoxy) is 2. The number of aryl methyl sites for hydroxylation is 2. The number of fused-ring (bicyclic) bond motifs is 1. The van der Waals surface area contributed by atoms with Gasteiger partial charge in [0.15, 0.2) is 11.5 Å². The number of amides is 2. The van der Waals surface area contributed by atoms with E-state index in [4.69, 9.17) is 14.6 Å². The molecule has 2 heterocycles. The van der Waals surface area contributed by atoms with Gasteiger partial charge in [-0.05, 0) is 50.5 Å². The van der Waals surface area contributed by atoms with Gasteiger partial charge in [-0.2, -0.15) is 10.2 Å². The summed E-state index contributed by atoms with van der Waals surface area (Å²) >= 11 is 0. The van der Waals surface area contributed by atoms with Crippen molar-refractivity contribution in [3.8, 4) is 22.6 Å². The fourth-order valence-electron chi connectivity index (χ4n) is 4.53. The van der Waals surface area contributed by atoms with Gasteiger partial charge in [0.25, 0.3) is 0 Å². The summed E-state index contributed by atoms with van der Waals surface area (Å²) in [7, 11) is 6.80. The Hall–Kier alpha value is -3.81. The molecule has 0 spiro atoms. The number of hydrogen-bond donors (Lipinski definition) is 1. The van der Waals surface area contributed by atoms with Crippen molar-refractivity contribution in [3.05, 3.63) is 64.5 Å². The van der Waals surface area contributed by atoms with Crippen LogP contribution in [0.2, 0.25) is 0 Å². The molecule has 1 atom stereocenters. The van der Waals surface area contributed by atoms with Crippen molar-refractivity contribution >= 4 is 11.7 Å². The van der Waals surface area contributed by atoms with E-state index < -0.39 is 0 Å². The predicted molar refractivity (Wildman–Crippen MR) is 133 cm³/mol. The Bertz CT molecular complexity index is 1260. The summed E-state index contributed by atoms with van der Waals surface area (Å²) in [6, 6.07) is 11.8. The molecule has 2 aromatic carbocycles. The molecule has 0 fully saturated rings. The maximum Gasteiger partial charge on any atom is 0.337 e. The highest BCUT2D eigenvalue weighted by Crippen LogP contribution is 2.35. The third kappa shape index (κ3) is 4.00. The number of aromatic nitrogens is 2. The average molecular weight is 462 g/mol. The van der Waals surface area contributed by atoms with Crippen LogP contribution in [0, 0.1) is 13.8 Å². The minimum absolute atomic E-state index is 0.144. The van der Waals surface area contributed by atoms with Crippen molar-refractivity contribution in [2.75, 3.05) is 21.3 Å². The second-order valence-electron chi connectivity index (χ2n) is 8.51. The number of hydrazone groups is 1. The first-order valence-electron chi connectivity index (χ1n) is 11.2. The van der Waals surface area contributed by atoms with Crippen LogP contribution in [0.3, 0.4) is 0 Å². The summed E-state index contributed by atoms with van der Waals surface area (Å²) in [5.41, 5.74) is 7.87.